The third-order valence-corrected chi connectivity index (χ3v) is 1.36. The van der Waals surface area contributed by atoms with E-state index in [2.05, 4.69) is 4.18 Å². The van der Waals surface area contributed by atoms with Gasteiger partial charge in [0.25, 0.3) is 10.9 Å². The molecule has 0 heterocycles. The topological polar surface area (TPSA) is 77.5 Å². The molecule has 0 saturated carbocycles. The summed E-state index contributed by atoms with van der Waals surface area (Å²) >= 11 is 0. The van der Waals surface area contributed by atoms with Crippen LogP contribution in [-0.4, -0.2) is 8.42 Å². The minimum atomic E-state index is -5.44. The Kier molecular flexibility index (Phi) is 1.71. The minimum Gasteiger partial charge on any atom is -0.351 e. The fourth-order valence-corrected chi connectivity index (χ4v) is 0.865. The Morgan fingerprint density at radius 2 is 1.67 bits per heavy atom. The van der Waals surface area contributed by atoms with Gasteiger partial charge in [-0.15, -0.1) is 0 Å². The van der Waals surface area contributed by atoms with Crippen molar-refractivity contribution in [3.05, 3.63) is 26.3 Å². The molecular formula is C4F2O5S. The van der Waals surface area contributed by atoms with Gasteiger partial charge in [-0.3, -0.25) is 9.59 Å². The zero-order valence-electron chi connectivity index (χ0n) is 5.21. The zero-order valence-corrected chi connectivity index (χ0v) is 6.02. The zero-order chi connectivity index (χ0) is 9.52. The average molecular weight is 198 g/mol. The molecule has 0 bridgehead atoms. The standard InChI is InChI=1S/C4F2O5S/c5-1-2(7)3(8)4(1)11-12(6,9)10. The molecule has 0 amide bonds. The molecule has 5 nitrogen and oxygen atoms in total. The van der Waals surface area contributed by atoms with E-state index in [0.717, 1.165) is 0 Å². The minimum absolute atomic E-state index is 1.40. The van der Waals surface area contributed by atoms with E-state index in [1.807, 2.05) is 0 Å². The van der Waals surface area contributed by atoms with Crippen LogP contribution in [0.3, 0.4) is 0 Å². The van der Waals surface area contributed by atoms with Crippen molar-refractivity contribution in [3.63, 3.8) is 0 Å². The lowest BCUT2D eigenvalue weighted by atomic mass is 10.3. The van der Waals surface area contributed by atoms with E-state index in [4.69, 9.17) is 0 Å². The molecule has 0 saturated heterocycles. The highest BCUT2D eigenvalue weighted by molar-refractivity contribution is 7.81. The van der Waals surface area contributed by atoms with E-state index in [1.165, 1.54) is 0 Å². The van der Waals surface area contributed by atoms with Crippen LogP contribution in [0.15, 0.2) is 9.59 Å². The van der Waals surface area contributed by atoms with Gasteiger partial charge in [-0.05, 0) is 0 Å². The summed E-state index contributed by atoms with van der Waals surface area (Å²) in [6, 6.07) is 0. The first-order valence-corrected chi connectivity index (χ1v) is 3.76. The molecule has 0 unspecified atom stereocenters. The lowest BCUT2D eigenvalue weighted by molar-refractivity contribution is 0.412. The lowest BCUT2D eigenvalue weighted by Crippen LogP contribution is -2.36. The molecule has 8 heteroatoms. The predicted molar refractivity (Wildman–Crippen MR) is 32.0 cm³/mol. The highest BCUT2D eigenvalue weighted by Gasteiger charge is 2.27. The summed E-state index contributed by atoms with van der Waals surface area (Å²) in [7, 11) is -5.44. The van der Waals surface area contributed by atoms with Crippen LogP contribution in [0.4, 0.5) is 8.28 Å². The Bertz CT molecular complexity index is 480. The number of halogens is 2. The van der Waals surface area contributed by atoms with Gasteiger partial charge in [0, 0.05) is 0 Å². The van der Waals surface area contributed by atoms with Gasteiger partial charge in [0.2, 0.25) is 11.6 Å². The summed E-state index contributed by atoms with van der Waals surface area (Å²) in [5.74, 6) is -3.08. The van der Waals surface area contributed by atoms with Crippen molar-refractivity contribution in [2.75, 3.05) is 0 Å². The number of hydrogen-bond donors (Lipinski definition) is 0. The average Bonchev–Trinajstić information content (AvgIpc) is 1.96. The highest BCUT2D eigenvalue weighted by atomic mass is 32.3. The third kappa shape index (κ3) is 1.33. The van der Waals surface area contributed by atoms with E-state index in [-0.39, 0.29) is 0 Å². The molecule has 0 aliphatic heterocycles. The first kappa shape index (κ1) is 8.78. The molecular weight excluding hydrogens is 198 g/mol. The van der Waals surface area contributed by atoms with Crippen LogP contribution in [0, 0.1) is 5.82 Å². The maximum atomic E-state index is 12.1. The third-order valence-electron chi connectivity index (χ3n) is 0.994. The van der Waals surface area contributed by atoms with Crippen LogP contribution in [0.1, 0.15) is 0 Å². The summed E-state index contributed by atoms with van der Waals surface area (Å²) in [6.45, 7) is 0. The maximum Gasteiger partial charge on any atom is 0.488 e. The molecule has 0 atom stereocenters. The fraction of sp³-hybridized carbons (Fsp3) is 0. The molecule has 0 aliphatic rings. The Balaban J connectivity index is 3.11. The van der Waals surface area contributed by atoms with Crippen molar-refractivity contribution in [3.8, 4) is 5.75 Å². The normalized spacial score (nSPS) is 11.8. The van der Waals surface area contributed by atoms with E-state index in [0.29, 0.717) is 0 Å². The molecule has 0 fully saturated rings. The molecule has 1 aromatic rings. The molecule has 0 spiro atoms. The molecule has 0 N–H and O–H groups in total. The molecule has 0 aromatic heterocycles. The van der Waals surface area contributed by atoms with Gasteiger partial charge >= 0.3 is 10.5 Å². The van der Waals surface area contributed by atoms with Gasteiger partial charge < -0.3 is 4.18 Å². The van der Waals surface area contributed by atoms with Gasteiger partial charge in [-0.1, -0.05) is 3.89 Å². The van der Waals surface area contributed by atoms with Crippen molar-refractivity contribution in [2.24, 2.45) is 0 Å². The Morgan fingerprint density at radius 1 is 1.17 bits per heavy atom. The smallest absolute Gasteiger partial charge is 0.351 e. The molecule has 0 aliphatic carbocycles. The Hall–Kier alpha value is -1.31. The number of hydrogen-bond acceptors (Lipinski definition) is 5. The van der Waals surface area contributed by atoms with Crippen molar-refractivity contribution in [2.45, 2.75) is 0 Å². The first-order chi connectivity index (χ1) is 5.33. The Morgan fingerprint density at radius 3 is 2.00 bits per heavy atom. The maximum absolute atomic E-state index is 12.1. The van der Waals surface area contributed by atoms with E-state index < -0.39 is 32.9 Å². The Labute approximate surface area is 64.3 Å². The monoisotopic (exact) mass is 198 g/mol. The van der Waals surface area contributed by atoms with Gasteiger partial charge in [0.15, 0.2) is 0 Å². The molecule has 66 valence electrons. The van der Waals surface area contributed by atoms with Crippen LogP contribution in [0.25, 0.3) is 0 Å². The summed E-state index contributed by atoms with van der Waals surface area (Å²) in [5, 5.41) is 0. The molecule has 1 aromatic carbocycles. The second-order valence-electron chi connectivity index (χ2n) is 1.78. The van der Waals surface area contributed by atoms with Crippen molar-refractivity contribution in [1.29, 1.82) is 0 Å². The van der Waals surface area contributed by atoms with Crippen LogP contribution >= 0.6 is 0 Å². The lowest BCUT2D eigenvalue weighted by Gasteiger charge is -2.00. The summed E-state index contributed by atoms with van der Waals surface area (Å²) in [5.41, 5.74) is -3.01. The molecule has 12 heavy (non-hydrogen) atoms. The molecule has 1 rings (SSSR count). The van der Waals surface area contributed by atoms with E-state index in [1.54, 1.807) is 0 Å². The SMILES string of the molecule is O=c1c(F)c(OS(=O)(=O)F)c1=O. The van der Waals surface area contributed by atoms with Gasteiger partial charge in [-0.25, -0.2) is 0 Å². The van der Waals surface area contributed by atoms with E-state index >= 15 is 0 Å². The molecule has 0 radical (unpaired) electrons. The van der Waals surface area contributed by atoms with Crippen molar-refractivity contribution >= 4 is 10.5 Å². The second-order valence-corrected chi connectivity index (χ2v) is 2.73. The van der Waals surface area contributed by atoms with Gasteiger partial charge in [-0.2, -0.15) is 12.8 Å². The number of rotatable bonds is 2. The summed E-state index contributed by atoms with van der Waals surface area (Å²) in [4.78, 5) is 20.3. The van der Waals surface area contributed by atoms with Crippen LogP contribution < -0.4 is 15.0 Å². The first-order valence-electron chi connectivity index (χ1n) is 2.46. The van der Waals surface area contributed by atoms with Gasteiger partial charge in [0.05, 0.1) is 0 Å². The predicted octanol–water partition coefficient (Wildman–Crippen LogP) is -0.985. The largest absolute Gasteiger partial charge is 0.488 e. The summed E-state index contributed by atoms with van der Waals surface area (Å²) in [6.07, 6.45) is 0. The van der Waals surface area contributed by atoms with E-state index in [9.17, 15) is 26.3 Å². The summed E-state index contributed by atoms with van der Waals surface area (Å²) < 4.78 is 46.3. The quantitative estimate of drug-likeness (QED) is 0.450. The van der Waals surface area contributed by atoms with Gasteiger partial charge in [0.1, 0.15) is 0 Å². The second kappa shape index (κ2) is 2.34. The van der Waals surface area contributed by atoms with Crippen LogP contribution in [0.2, 0.25) is 0 Å². The van der Waals surface area contributed by atoms with Crippen LogP contribution in [0.5, 0.6) is 5.75 Å². The van der Waals surface area contributed by atoms with Crippen molar-refractivity contribution in [1.82, 2.24) is 0 Å². The highest BCUT2D eigenvalue weighted by Crippen LogP contribution is 2.11. The van der Waals surface area contributed by atoms with Crippen LogP contribution in [-0.2, 0) is 10.5 Å². The van der Waals surface area contributed by atoms with Crippen molar-refractivity contribution < 1.29 is 20.9 Å². The fourth-order valence-electron chi connectivity index (χ4n) is 0.517.